The molecule has 1 aliphatic rings. The summed E-state index contributed by atoms with van der Waals surface area (Å²) in [6.45, 7) is 7.67. The van der Waals surface area contributed by atoms with Gasteiger partial charge in [0, 0.05) is 35.1 Å². The molecule has 0 spiro atoms. The van der Waals surface area contributed by atoms with Crippen LogP contribution in [0.25, 0.3) is 0 Å². The van der Waals surface area contributed by atoms with Crippen molar-refractivity contribution in [2.24, 2.45) is 0 Å². The van der Waals surface area contributed by atoms with E-state index in [-0.39, 0.29) is 12.1 Å². The van der Waals surface area contributed by atoms with Gasteiger partial charge in [-0.15, -0.1) is 11.3 Å². The van der Waals surface area contributed by atoms with Crippen LogP contribution in [0.5, 0.6) is 0 Å². The maximum absolute atomic E-state index is 12.6. The highest BCUT2D eigenvalue weighted by Gasteiger charge is 2.33. The van der Waals surface area contributed by atoms with Crippen molar-refractivity contribution in [3.05, 3.63) is 39.3 Å². The average Bonchev–Trinajstić information content (AvgIpc) is 3.25. The fraction of sp³-hybridized carbons (Fsp3) is 0.529. The van der Waals surface area contributed by atoms with Gasteiger partial charge in [-0.25, -0.2) is 4.79 Å². The zero-order valence-corrected chi connectivity index (χ0v) is 14.7. The fourth-order valence-corrected chi connectivity index (χ4v) is 4.16. The number of carbonyl (C=O) groups excluding carboxylic acids is 1. The van der Waals surface area contributed by atoms with Gasteiger partial charge in [-0.2, -0.15) is 5.10 Å². The summed E-state index contributed by atoms with van der Waals surface area (Å²) in [6.07, 6.45) is 2.05. The van der Waals surface area contributed by atoms with Crippen LogP contribution < -0.4 is 5.32 Å². The first-order valence-corrected chi connectivity index (χ1v) is 9.05. The Morgan fingerprint density at radius 1 is 1.57 bits per heavy atom. The standard InChI is InChI=1S/C17H24N4OS/c1-11(15-7-5-9-23-15)10-18-17(22)21-8-4-6-14(21)16-12(2)19-20-13(16)3/h5,7,9,11,14H,4,6,8,10H2,1-3H3,(H,18,22)(H,19,20)/t11-,14+/m1/s1. The molecule has 0 aromatic carbocycles. The van der Waals surface area contributed by atoms with Gasteiger partial charge in [-0.05, 0) is 38.1 Å². The van der Waals surface area contributed by atoms with E-state index in [1.165, 1.54) is 10.4 Å². The van der Waals surface area contributed by atoms with E-state index < -0.39 is 0 Å². The van der Waals surface area contributed by atoms with E-state index in [0.717, 1.165) is 30.8 Å². The van der Waals surface area contributed by atoms with Crippen LogP contribution in [0.15, 0.2) is 17.5 Å². The summed E-state index contributed by atoms with van der Waals surface area (Å²) < 4.78 is 0. The van der Waals surface area contributed by atoms with Crippen LogP contribution in [0.2, 0.25) is 0 Å². The molecule has 23 heavy (non-hydrogen) atoms. The normalized spacial score (nSPS) is 19.1. The van der Waals surface area contributed by atoms with Crippen molar-refractivity contribution in [1.29, 1.82) is 0 Å². The molecule has 1 saturated heterocycles. The third-order valence-electron chi connectivity index (χ3n) is 4.62. The molecular weight excluding hydrogens is 308 g/mol. The third-order valence-corrected chi connectivity index (χ3v) is 5.72. The molecule has 2 amide bonds. The fourth-order valence-electron chi connectivity index (χ4n) is 3.37. The minimum Gasteiger partial charge on any atom is -0.337 e. The first kappa shape index (κ1) is 16.1. The second-order valence-corrected chi connectivity index (χ2v) is 7.28. The molecule has 0 bridgehead atoms. The molecule has 0 aliphatic carbocycles. The Morgan fingerprint density at radius 2 is 2.39 bits per heavy atom. The van der Waals surface area contributed by atoms with Gasteiger partial charge < -0.3 is 10.2 Å². The number of amides is 2. The Balaban J connectivity index is 1.64. The summed E-state index contributed by atoms with van der Waals surface area (Å²) in [6, 6.07) is 4.36. The molecule has 0 radical (unpaired) electrons. The Kier molecular flexibility index (Phi) is 4.71. The van der Waals surface area contributed by atoms with Crippen molar-refractivity contribution >= 4 is 17.4 Å². The van der Waals surface area contributed by atoms with Gasteiger partial charge in [0.2, 0.25) is 0 Å². The van der Waals surface area contributed by atoms with Crippen LogP contribution in [-0.4, -0.2) is 34.2 Å². The molecule has 124 valence electrons. The summed E-state index contributed by atoms with van der Waals surface area (Å²) in [7, 11) is 0. The predicted molar refractivity (Wildman–Crippen MR) is 92.9 cm³/mol. The Labute approximate surface area is 141 Å². The number of thiophene rings is 1. The zero-order chi connectivity index (χ0) is 16.4. The number of aromatic amines is 1. The smallest absolute Gasteiger partial charge is 0.317 e. The van der Waals surface area contributed by atoms with E-state index in [9.17, 15) is 4.79 Å². The highest BCUT2D eigenvalue weighted by molar-refractivity contribution is 7.10. The molecule has 0 unspecified atom stereocenters. The Hall–Kier alpha value is -1.82. The molecule has 2 N–H and O–H groups in total. The third kappa shape index (κ3) is 3.27. The quantitative estimate of drug-likeness (QED) is 0.896. The molecule has 2 aromatic rings. The van der Waals surface area contributed by atoms with Crippen molar-refractivity contribution in [3.8, 4) is 0 Å². The van der Waals surface area contributed by atoms with Crippen LogP contribution in [0, 0.1) is 13.8 Å². The molecule has 5 nitrogen and oxygen atoms in total. The van der Waals surface area contributed by atoms with Crippen molar-refractivity contribution in [1.82, 2.24) is 20.4 Å². The monoisotopic (exact) mass is 332 g/mol. The van der Waals surface area contributed by atoms with E-state index in [4.69, 9.17) is 0 Å². The Bertz CT molecular complexity index is 645. The number of aromatic nitrogens is 2. The van der Waals surface area contributed by atoms with Crippen LogP contribution in [0.4, 0.5) is 4.79 Å². The molecule has 3 heterocycles. The molecule has 3 rings (SSSR count). The second kappa shape index (κ2) is 6.74. The van der Waals surface area contributed by atoms with Gasteiger partial charge >= 0.3 is 6.03 Å². The zero-order valence-electron chi connectivity index (χ0n) is 13.9. The van der Waals surface area contributed by atoms with Gasteiger partial charge in [-0.3, -0.25) is 5.10 Å². The Morgan fingerprint density at radius 3 is 3.04 bits per heavy atom. The molecule has 1 fully saturated rings. The molecule has 0 saturated carbocycles. The lowest BCUT2D eigenvalue weighted by Crippen LogP contribution is -2.41. The number of aryl methyl sites for hydroxylation is 2. The number of nitrogens with zero attached hydrogens (tertiary/aromatic N) is 2. The summed E-state index contributed by atoms with van der Waals surface area (Å²) in [5.41, 5.74) is 3.25. The topological polar surface area (TPSA) is 61.0 Å². The highest BCUT2D eigenvalue weighted by atomic mass is 32.1. The maximum atomic E-state index is 12.6. The van der Waals surface area contributed by atoms with Crippen LogP contribution >= 0.6 is 11.3 Å². The molecule has 2 atom stereocenters. The molecule has 1 aliphatic heterocycles. The average molecular weight is 332 g/mol. The lowest BCUT2D eigenvalue weighted by atomic mass is 10.0. The first-order chi connectivity index (χ1) is 11.1. The number of rotatable bonds is 4. The van der Waals surface area contributed by atoms with Gasteiger partial charge in [0.1, 0.15) is 0 Å². The molecule has 6 heteroatoms. The van der Waals surface area contributed by atoms with Crippen molar-refractivity contribution < 1.29 is 4.79 Å². The maximum Gasteiger partial charge on any atom is 0.317 e. The van der Waals surface area contributed by atoms with Crippen molar-refractivity contribution in [2.75, 3.05) is 13.1 Å². The number of hydrogen-bond donors (Lipinski definition) is 2. The number of carbonyl (C=O) groups is 1. The van der Waals surface area contributed by atoms with Gasteiger partial charge in [0.15, 0.2) is 0 Å². The van der Waals surface area contributed by atoms with E-state index in [1.54, 1.807) is 11.3 Å². The van der Waals surface area contributed by atoms with Gasteiger partial charge in [0.05, 0.1) is 11.7 Å². The number of nitrogens with one attached hydrogen (secondary N) is 2. The summed E-state index contributed by atoms with van der Waals surface area (Å²) in [5.74, 6) is 0.345. The largest absolute Gasteiger partial charge is 0.337 e. The lowest BCUT2D eigenvalue weighted by Gasteiger charge is -2.26. The minimum atomic E-state index is 0.0379. The van der Waals surface area contributed by atoms with Gasteiger partial charge in [-0.1, -0.05) is 13.0 Å². The second-order valence-electron chi connectivity index (χ2n) is 6.30. The minimum absolute atomic E-state index is 0.0379. The van der Waals surface area contributed by atoms with Crippen LogP contribution in [0.1, 0.15) is 53.6 Å². The number of H-pyrrole nitrogens is 1. The summed E-state index contributed by atoms with van der Waals surface area (Å²) in [5, 5.41) is 12.5. The highest BCUT2D eigenvalue weighted by Crippen LogP contribution is 2.34. The van der Waals surface area contributed by atoms with E-state index >= 15 is 0 Å². The number of hydrogen-bond acceptors (Lipinski definition) is 3. The molecular formula is C17H24N4OS. The predicted octanol–water partition coefficient (Wildman–Crippen LogP) is 3.74. The van der Waals surface area contributed by atoms with Crippen LogP contribution in [-0.2, 0) is 0 Å². The summed E-state index contributed by atoms with van der Waals surface area (Å²) in [4.78, 5) is 15.9. The van der Waals surface area contributed by atoms with Crippen molar-refractivity contribution in [2.45, 2.75) is 45.6 Å². The molecule has 2 aromatic heterocycles. The van der Waals surface area contributed by atoms with Gasteiger partial charge in [0.25, 0.3) is 0 Å². The van der Waals surface area contributed by atoms with E-state index in [0.29, 0.717) is 12.5 Å². The van der Waals surface area contributed by atoms with E-state index in [2.05, 4.69) is 40.0 Å². The van der Waals surface area contributed by atoms with Crippen molar-refractivity contribution in [3.63, 3.8) is 0 Å². The van der Waals surface area contributed by atoms with E-state index in [1.807, 2.05) is 18.7 Å². The lowest BCUT2D eigenvalue weighted by molar-refractivity contribution is 0.192. The first-order valence-electron chi connectivity index (χ1n) is 8.17. The summed E-state index contributed by atoms with van der Waals surface area (Å²) >= 11 is 1.74. The number of likely N-dealkylation sites (tertiary alicyclic amines) is 1. The SMILES string of the molecule is Cc1n[nH]c(C)c1[C@@H]1CCCN1C(=O)NC[C@@H](C)c1cccs1. The van der Waals surface area contributed by atoms with Crippen LogP contribution in [0.3, 0.4) is 0 Å². The number of urea groups is 1.